The third kappa shape index (κ3) is 2.68. The van der Waals surface area contributed by atoms with Crippen LogP contribution in [0.2, 0.25) is 0 Å². The van der Waals surface area contributed by atoms with Crippen molar-refractivity contribution in [3.63, 3.8) is 0 Å². The Morgan fingerprint density at radius 1 is 1.39 bits per heavy atom. The molecule has 1 unspecified atom stereocenters. The van der Waals surface area contributed by atoms with Crippen molar-refractivity contribution in [2.45, 2.75) is 13.0 Å². The highest BCUT2D eigenvalue weighted by atomic mass is 16.2. The standard InChI is InChI=1S/C13H17N3O2/c1-9-2-4-10(5-3-9)12(14)13(18)16-7-6-15-11(17)8-16/h2-5,12H,6-8,14H2,1H3,(H,15,17). The Morgan fingerprint density at radius 2 is 2.06 bits per heavy atom. The van der Waals surface area contributed by atoms with Gasteiger partial charge in [0.2, 0.25) is 11.8 Å². The van der Waals surface area contributed by atoms with Crippen LogP contribution in [0.25, 0.3) is 0 Å². The average molecular weight is 247 g/mol. The van der Waals surface area contributed by atoms with E-state index in [2.05, 4.69) is 5.32 Å². The smallest absolute Gasteiger partial charge is 0.244 e. The topological polar surface area (TPSA) is 75.4 Å². The molecule has 1 heterocycles. The van der Waals surface area contributed by atoms with Gasteiger partial charge in [-0.3, -0.25) is 9.59 Å². The minimum atomic E-state index is -0.698. The third-order valence-corrected chi connectivity index (χ3v) is 3.05. The summed E-state index contributed by atoms with van der Waals surface area (Å²) in [6.07, 6.45) is 0. The summed E-state index contributed by atoms with van der Waals surface area (Å²) < 4.78 is 0. The van der Waals surface area contributed by atoms with E-state index >= 15 is 0 Å². The minimum absolute atomic E-state index is 0.0956. The summed E-state index contributed by atoms with van der Waals surface area (Å²) in [6.45, 7) is 3.08. The van der Waals surface area contributed by atoms with Gasteiger partial charge in [-0.15, -0.1) is 0 Å². The van der Waals surface area contributed by atoms with Crippen molar-refractivity contribution >= 4 is 11.8 Å². The molecule has 1 aromatic rings. The monoisotopic (exact) mass is 247 g/mol. The zero-order valence-electron chi connectivity index (χ0n) is 10.3. The van der Waals surface area contributed by atoms with Gasteiger partial charge in [0.05, 0.1) is 6.54 Å². The minimum Gasteiger partial charge on any atom is -0.353 e. The van der Waals surface area contributed by atoms with E-state index < -0.39 is 6.04 Å². The number of nitrogens with one attached hydrogen (secondary N) is 1. The molecule has 1 fully saturated rings. The fourth-order valence-corrected chi connectivity index (χ4v) is 1.94. The van der Waals surface area contributed by atoms with E-state index in [0.29, 0.717) is 13.1 Å². The molecule has 1 aliphatic heterocycles. The zero-order chi connectivity index (χ0) is 13.1. The molecule has 1 saturated heterocycles. The second-order valence-corrected chi connectivity index (χ2v) is 4.50. The van der Waals surface area contributed by atoms with E-state index in [1.165, 1.54) is 4.90 Å². The van der Waals surface area contributed by atoms with Gasteiger partial charge in [-0.25, -0.2) is 0 Å². The van der Waals surface area contributed by atoms with E-state index in [9.17, 15) is 9.59 Å². The molecule has 1 aromatic carbocycles. The molecular formula is C13H17N3O2. The molecule has 3 N–H and O–H groups in total. The van der Waals surface area contributed by atoms with Crippen LogP contribution in [-0.2, 0) is 9.59 Å². The SMILES string of the molecule is Cc1ccc(C(N)C(=O)N2CCNC(=O)C2)cc1. The lowest BCUT2D eigenvalue weighted by atomic mass is 10.0. The molecule has 0 radical (unpaired) electrons. The highest BCUT2D eigenvalue weighted by Crippen LogP contribution is 2.14. The van der Waals surface area contributed by atoms with Crippen molar-refractivity contribution in [3.8, 4) is 0 Å². The van der Waals surface area contributed by atoms with E-state index in [1.54, 1.807) is 0 Å². The van der Waals surface area contributed by atoms with Crippen molar-refractivity contribution in [1.82, 2.24) is 10.2 Å². The Hall–Kier alpha value is -1.88. The molecule has 5 heteroatoms. The van der Waals surface area contributed by atoms with Crippen molar-refractivity contribution in [3.05, 3.63) is 35.4 Å². The molecule has 2 amide bonds. The van der Waals surface area contributed by atoms with E-state index in [4.69, 9.17) is 5.73 Å². The first kappa shape index (κ1) is 12.6. The summed E-state index contributed by atoms with van der Waals surface area (Å²) in [5.41, 5.74) is 7.84. The summed E-state index contributed by atoms with van der Waals surface area (Å²) in [5.74, 6) is -0.334. The highest BCUT2D eigenvalue weighted by molar-refractivity contribution is 5.89. The normalized spacial score (nSPS) is 17.2. The lowest BCUT2D eigenvalue weighted by molar-refractivity contribution is -0.139. The lowest BCUT2D eigenvalue weighted by Gasteiger charge is -2.29. The number of carbonyl (C=O) groups excluding carboxylic acids is 2. The Kier molecular flexibility index (Phi) is 3.62. The molecule has 0 aromatic heterocycles. The Morgan fingerprint density at radius 3 is 2.67 bits per heavy atom. The van der Waals surface area contributed by atoms with Gasteiger partial charge in [0.15, 0.2) is 0 Å². The van der Waals surface area contributed by atoms with Crippen LogP contribution in [0.4, 0.5) is 0 Å². The molecule has 18 heavy (non-hydrogen) atoms. The van der Waals surface area contributed by atoms with Gasteiger partial charge in [-0.1, -0.05) is 29.8 Å². The van der Waals surface area contributed by atoms with E-state index in [1.807, 2.05) is 31.2 Å². The Bertz CT molecular complexity index is 456. The van der Waals surface area contributed by atoms with Crippen molar-refractivity contribution in [1.29, 1.82) is 0 Å². The largest absolute Gasteiger partial charge is 0.353 e. The predicted molar refractivity (Wildman–Crippen MR) is 67.7 cm³/mol. The first-order valence-electron chi connectivity index (χ1n) is 5.95. The maximum atomic E-state index is 12.1. The average Bonchev–Trinajstić information content (AvgIpc) is 2.38. The quantitative estimate of drug-likeness (QED) is 0.769. The van der Waals surface area contributed by atoms with Gasteiger partial charge in [-0.05, 0) is 12.5 Å². The summed E-state index contributed by atoms with van der Waals surface area (Å²) >= 11 is 0. The highest BCUT2D eigenvalue weighted by Gasteiger charge is 2.26. The lowest BCUT2D eigenvalue weighted by Crippen LogP contribution is -2.52. The van der Waals surface area contributed by atoms with Gasteiger partial charge in [-0.2, -0.15) is 0 Å². The molecule has 1 aliphatic rings. The molecule has 0 aliphatic carbocycles. The number of aryl methyl sites for hydroxylation is 1. The van der Waals surface area contributed by atoms with Crippen LogP contribution in [0.5, 0.6) is 0 Å². The molecule has 0 bridgehead atoms. The fraction of sp³-hybridized carbons (Fsp3) is 0.385. The second kappa shape index (κ2) is 5.18. The van der Waals surface area contributed by atoms with Crippen molar-refractivity contribution in [2.75, 3.05) is 19.6 Å². The Balaban J connectivity index is 2.08. The second-order valence-electron chi connectivity index (χ2n) is 4.50. The van der Waals surface area contributed by atoms with Gasteiger partial charge in [0.1, 0.15) is 6.04 Å². The number of hydrogen-bond donors (Lipinski definition) is 2. The van der Waals surface area contributed by atoms with Crippen molar-refractivity contribution < 1.29 is 9.59 Å². The predicted octanol–water partition coefficient (Wildman–Crippen LogP) is -0.0468. The molecular weight excluding hydrogens is 230 g/mol. The van der Waals surface area contributed by atoms with Crippen LogP contribution < -0.4 is 11.1 Å². The van der Waals surface area contributed by atoms with Crippen LogP contribution in [0, 0.1) is 6.92 Å². The molecule has 1 atom stereocenters. The summed E-state index contributed by atoms with van der Waals surface area (Å²) in [4.78, 5) is 24.9. The van der Waals surface area contributed by atoms with E-state index in [-0.39, 0.29) is 18.4 Å². The van der Waals surface area contributed by atoms with E-state index in [0.717, 1.165) is 11.1 Å². The maximum absolute atomic E-state index is 12.1. The molecule has 96 valence electrons. The summed E-state index contributed by atoms with van der Waals surface area (Å²) in [6, 6.07) is 6.84. The van der Waals surface area contributed by atoms with Crippen LogP contribution in [0.3, 0.4) is 0 Å². The van der Waals surface area contributed by atoms with Gasteiger partial charge < -0.3 is 16.0 Å². The number of amides is 2. The van der Waals surface area contributed by atoms with Gasteiger partial charge in [0.25, 0.3) is 0 Å². The molecule has 5 nitrogen and oxygen atoms in total. The molecule has 0 spiro atoms. The number of benzene rings is 1. The summed E-state index contributed by atoms with van der Waals surface area (Å²) in [5, 5.41) is 2.68. The van der Waals surface area contributed by atoms with Crippen molar-refractivity contribution in [2.24, 2.45) is 5.73 Å². The van der Waals surface area contributed by atoms with Crippen LogP contribution in [0.15, 0.2) is 24.3 Å². The maximum Gasteiger partial charge on any atom is 0.244 e. The number of hydrogen-bond acceptors (Lipinski definition) is 3. The van der Waals surface area contributed by atoms with Crippen LogP contribution in [0.1, 0.15) is 17.2 Å². The fourth-order valence-electron chi connectivity index (χ4n) is 1.94. The van der Waals surface area contributed by atoms with Gasteiger partial charge >= 0.3 is 0 Å². The molecule has 2 rings (SSSR count). The van der Waals surface area contributed by atoms with Crippen LogP contribution >= 0.6 is 0 Å². The number of carbonyl (C=O) groups is 2. The first-order chi connectivity index (χ1) is 8.58. The zero-order valence-corrected chi connectivity index (χ0v) is 10.3. The number of rotatable bonds is 2. The number of nitrogens with two attached hydrogens (primary N) is 1. The first-order valence-corrected chi connectivity index (χ1v) is 5.95. The number of piperazine rings is 1. The van der Waals surface area contributed by atoms with Gasteiger partial charge in [0, 0.05) is 13.1 Å². The number of nitrogens with zero attached hydrogens (tertiary/aromatic N) is 1. The molecule has 0 saturated carbocycles. The van der Waals surface area contributed by atoms with Crippen LogP contribution in [-0.4, -0.2) is 36.3 Å². The third-order valence-electron chi connectivity index (χ3n) is 3.05. The Labute approximate surface area is 106 Å². The summed E-state index contributed by atoms with van der Waals surface area (Å²) in [7, 11) is 0.